The third-order valence-electron chi connectivity index (χ3n) is 2.41. The molecule has 0 radical (unpaired) electrons. The molecule has 0 amide bonds. The van der Waals surface area contributed by atoms with Gasteiger partial charge in [0.2, 0.25) is 5.78 Å². The number of carbonyl (C=O) groups is 1. The van der Waals surface area contributed by atoms with Gasteiger partial charge in [-0.05, 0) is 0 Å². The van der Waals surface area contributed by atoms with Crippen LogP contribution >= 0.6 is 0 Å². The highest BCUT2D eigenvalue weighted by molar-refractivity contribution is 6.07. The van der Waals surface area contributed by atoms with Gasteiger partial charge in [-0.15, -0.1) is 0 Å². The molecule has 82 valence electrons. The van der Waals surface area contributed by atoms with Gasteiger partial charge in [0.1, 0.15) is 11.5 Å². The van der Waals surface area contributed by atoms with Crippen LogP contribution < -0.4 is 0 Å². The molecule has 16 heavy (non-hydrogen) atoms. The molecule has 1 aromatic carbocycles. The second kappa shape index (κ2) is 4.31. The van der Waals surface area contributed by atoms with Crippen molar-refractivity contribution >= 4 is 5.78 Å². The van der Waals surface area contributed by atoms with Crippen molar-refractivity contribution in [2.24, 2.45) is 0 Å². The van der Waals surface area contributed by atoms with E-state index in [2.05, 4.69) is 9.97 Å². The fraction of sp³-hybridized carbons (Fsp3) is 0.231. The van der Waals surface area contributed by atoms with Crippen molar-refractivity contribution in [3.63, 3.8) is 0 Å². The van der Waals surface area contributed by atoms with Crippen molar-refractivity contribution in [3.8, 4) is 0 Å². The maximum atomic E-state index is 12.0. The summed E-state index contributed by atoms with van der Waals surface area (Å²) in [6.45, 7) is 4.07. The lowest BCUT2D eigenvalue weighted by Crippen LogP contribution is -2.01. The summed E-state index contributed by atoms with van der Waals surface area (Å²) < 4.78 is 0. The number of imidazole rings is 1. The number of ketones is 1. The summed E-state index contributed by atoms with van der Waals surface area (Å²) in [4.78, 5) is 19.3. The minimum atomic E-state index is -0.0382. The normalized spacial score (nSPS) is 10.7. The van der Waals surface area contributed by atoms with Crippen LogP contribution in [-0.4, -0.2) is 15.8 Å². The van der Waals surface area contributed by atoms with Crippen LogP contribution in [0.3, 0.4) is 0 Å². The molecule has 2 aromatic rings. The first-order valence-electron chi connectivity index (χ1n) is 5.33. The van der Waals surface area contributed by atoms with Crippen molar-refractivity contribution in [2.45, 2.75) is 19.8 Å². The van der Waals surface area contributed by atoms with Crippen LogP contribution in [0, 0.1) is 0 Å². The highest BCUT2D eigenvalue weighted by Gasteiger charge is 2.13. The molecule has 0 unspecified atom stereocenters. The summed E-state index contributed by atoms with van der Waals surface area (Å²) in [5.74, 6) is 1.11. The maximum Gasteiger partial charge on any atom is 0.212 e. The highest BCUT2D eigenvalue weighted by atomic mass is 16.1. The zero-order chi connectivity index (χ0) is 11.5. The Kier molecular flexibility index (Phi) is 2.86. The quantitative estimate of drug-likeness (QED) is 0.798. The van der Waals surface area contributed by atoms with E-state index in [4.69, 9.17) is 0 Å². The van der Waals surface area contributed by atoms with Gasteiger partial charge in [-0.25, -0.2) is 4.98 Å². The van der Waals surface area contributed by atoms with E-state index in [-0.39, 0.29) is 5.78 Å². The number of hydrogen-bond acceptors (Lipinski definition) is 2. The van der Waals surface area contributed by atoms with Gasteiger partial charge in [0.15, 0.2) is 0 Å². The van der Waals surface area contributed by atoms with Gasteiger partial charge in [-0.1, -0.05) is 44.2 Å². The molecule has 0 fully saturated rings. The van der Waals surface area contributed by atoms with E-state index in [1.54, 1.807) is 18.3 Å². The Hall–Kier alpha value is -1.90. The Morgan fingerprint density at radius 2 is 1.94 bits per heavy atom. The number of aromatic nitrogens is 2. The molecule has 3 nitrogen and oxygen atoms in total. The highest BCUT2D eigenvalue weighted by Crippen LogP contribution is 2.12. The van der Waals surface area contributed by atoms with Gasteiger partial charge < -0.3 is 4.98 Å². The van der Waals surface area contributed by atoms with Gasteiger partial charge in [0, 0.05) is 17.7 Å². The topological polar surface area (TPSA) is 45.8 Å². The number of benzene rings is 1. The Morgan fingerprint density at radius 3 is 2.50 bits per heavy atom. The van der Waals surface area contributed by atoms with Gasteiger partial charge in [-0.3, -0.25) is 4.79 Å². The molecule has 1 heterocycles. The molecule has 0 spiro atoms. The molecule has 3 heteroatoms. The number of H-pyrrole nitrogens is 1. The first kappa shape index (κ1) is 10.6. The minimum Gasteiger partial charge on any atom is -0.348 e. The van der Waals surface area contributed by atoms with Crippen molar-refractivity contribution in [1.29, 1.82) is 0 Å². The summed E-state index contributed by atoms with van der Waals surface area (Å²) in [6.07, 6.45) is 1.67. The van der Waals surface area contributed by atoms with Crippen LogP contribution in [0.2, 0.25) is 0 Å². The van der Waals surface area contributed by atoms with Crippen molar-refractivity contribution in [2.75, 3.05) is 0 Å². The number of nitrogens with one attached hydrogen (secondary N) is 1. The zero-order valence-corrected chi connectivity index (χ0v) is 9.40. The first-order valence-corrected chi connectivity index (χ1v) is 5.33. The second-order valence-electron chi connectivity index (χ2n) is 4.02. The molecule has 0 saturated carbocycles. The number of hydrogen-bond donors (Lipinski definition) is 1. The van der Waals surface area contributed by atoms with Crippen LogP contribution in [0.4, 0.5) is 0 Å². The molecule has 1 N–H and O–H groups in total. The average molecular weight is 214 g/mol. The lowest BCUT2D eigenvalue weighted by atomic mass is 10.1. The van der Waals surface area contributed by atoms with Gasteiger partial charge in [0.25, 0.3) is 0 Å². The number of nitrogens with zero attached hydrogens (tertiary/aromatic N) is 1. The molecular weight excluding hydrogens is 200 g/mol. The maximum absolute atomic E-state index is 12.0. The predicted molar refractivity (Wildman–Crippen MR) is 62.6 cm³/mol. The van der Waals surface area contributed by atoms with Crippen LogP contribution in [0.25, 0.3) is 0 Å². The standard InChI is InChI=1S/C13H14N2O/c1-9(2)13-14-8-11(15-13)12(16)10-6-4-3-5-7-10/h3-9H,1-2H3,(H,14,15). The first-order chi connectivity index (χ1) is 7.68. The van der Waals surface area contributed by atoms with Crippen molar-refractivity contribution in [1.82, 2.24) is 9.97 Å². The number of rotatable bonds is 3. The summed E-state index contributed by atoms with van der Waals surface area (Å²) in [7, 11) is 0. The molecule has 0 bridgehead atoms. The molecule has 0 atom stereocenters. The summed E-state index contributed by atoms with van der Waals surface area (Å²) in [6, 6.07) is 9.19. The van der Waals surface area contributed by atoms with E-state index in [1.807, 2.05) is 32.0 Å². The fourth-order valence-corrected chi connectivity index (χ4v) is 1.49. The smallest absolute Gasteiger partial charge is 0.212 e. The lowest BCUT2D eigenvalue weighted by molar-refractivity contribution is 0.103. The second-order valence-corrected chi connectivity index (χ2v) is 4.02. The van der Waals surface area contributed by atoms with E-state index >= 15 is 0 Å². The van der Waals surface area contributed by atoms with Gasteiger partial charge >= 0.3 is 0 Å². The summed E-state index contributed by atoms with van der Waals surface area (Å²) in [5.41, 5.74) is 1.15. The molecule has 0 aliphatic rings. The van der Waals surface area contributed by atoms with Gasteiger partial charge in [0.05, 0.1) is 0 Å². The Bertz CT molecular complexity index is 486. The van der Waals surface area contributed by atoms with E-state index in [0.717, 1.165) is 5.82 Å². The summed E-state index contributed by atoms with van der Waals surface area (Å²) >= 11 is 0. The SMILES string of the molecule is CC(C)c1nc(C(=O)c2ccccc2)c[nH]1. The summed E-state index contributed by atoms with van der Waals surface area (Å²) in [5, 5.41) is 0. The third-order valence-corrected chi connectivity index (χ3v) is 2.41. The van der Waals surface area contributed by atoms with Crippen LogP contribution in [0.1, 0.15) is 41.6 Å². The molecule has 0 saturated heterocycles. The lowest BCUT2D eigenvalue weighted by Gasteiger charge is -1.98. The van der Waals surface area contributed by atoms with Crippen LogP contribution in [0.5, 0.6) is 0 Å². The fourth-order valence-electron chi connectivity index (χ4n) is 1.49. The van der Waals surface area contributed by atoms with Crippen molar-refractivity contribution < 1.29 is 4.79 Å². The monoisotopic (exact) mass is 214 g/mol. The average Bonchev–Trinajstić information content (AvgIpc) is 2.78. The molecule has 2 rings (SSSR count). The minimum absolute atomic E-state index is 0.0382. The molecule has 0 aliphatic heterocycles. The Labute approximate surface area is 94.5 Å². The largest absolute Gasteiger partial charge is 0.348 e. The number of carbonyl (C=O) groups excluding carboxylic acids is 1. The zero-order valence-electron chi connectivity index (χ0n) is 9.40. The third kappa shape index (κ3) is 2.03. The predicted octanol–water partition coefficient (Wildman–Crippen LogP) is 2.76. The Balaban J connectivity index is 2.28. The molecule has 1 aromatic heterocycles. The van der Waals surface area contributed by atoms with Crippen molar-refractivity contribution in [3.05, 3.63) is 53.6 Å². The Morgan fingerprint density at radius 1 is 1.25 bits per heavy atom. The number of aromatic amines is 1. The van der Waals surface area contributed by atoms with E-state index in [1.165, 1.54) is 0 Å². The molecular formula is C13H14N2O. The van der Waals surface area contributed by atoms with E-state index in [9.17, 15) is 4.79 Å². The van der Waals surface area contributed by atoms with E-state index < -0.39 is 0 Å². The van der Waals surface area contributed by atoms with Crippen LogP contribution in [0.15, 0.2) is 36.5 Å². The van der Waals surface area contributed by atoms with E-state index in [0.29, 0.717) is 17.2 Å². The molecule has 0 aliphatic carbocycles. The van der Waals surface area contributed by atoms with Crippen LogP contribution in [-0.2, 0) is 0 Å². The van der Waals surface area contributed by atoms with Gasteiger partial charge in [-0.2, -0.15) is 0 Å².